The second-order valence-electron chi connectivity index (χ2n) is 3.99. The fourth-order valence-corrected chi connectivity index (χ4v) is 2.67. The lowest BCUT2D eigenvalue weighted by atomic mass is 10.2. The zero-order valence-electron chi connectivity index (χ0n) is 10.8. The quantitative estimate of drug-likeness (QED) is 0.778. The lowest BCUT2D eigenvalue weighted by molar-refractivity contribution is 0.185. The van der Waals surface area contributed by atoms with E-state index >= 15 is 0 Å². The van der Waals surface area contributed by atoms with Gasteiger partial charge < -0.3 is 4.74 Å². The third kappa shape index (κ3) is 3.20. The van der Waals surface area contributed by atoms with Crippen LogP contribution in [0.5, 0.6) is 0 Å². The van der Waals surface area contributed by atoms with Crippen molar-refractivity contribution < 1.29 is 21.9 Å². The maximum atomic E-state index is 13.8. The highest BCUT2D eigenvalue weighted by Gasteiger charge is 2.26. The molecule has 21 heavy (non-hydrogen) atoms. The number of benzene rings is 1. The molecule has 0 N–H and O–H groups in total. The molecule has 0 unspecified atom stereocenters. The van der Waals surface area contributed by atoms with E-state index in [9.17, 15) is 17.2 Å². The molecular weight excluding hydrogens is 328 g/mol. The first-order valence-electron chi connectivity index (χ1n) is 5.67. The molecule has 0 atom stereocenters. The molecule has 1 aromatic heterocycles. The molecule has 0 radical (unpaired) electrons. The van der Waals surface area contributed by atoms with Crippen molar-refractivity contribution in [1.82, 2.24) is 14.8 Å². The monoisotopic (exact) mass is 337 g/mol. The van der Waals surface area contributed by atoms with Crippen molar-refractivity contribution in [3.05, 3.63) is 29.8 Å². The van der Waals surface area contributed by atoms with E-state index in [1.807, 2.05) is 0 Å². The topological polar surface area (TPSA) is 74.1 Å². The van der Waals surface area contributed by atoms with Crippen LogP contribution in [0.4, 0.5) is 8.78 Å². The maximum absolute atomic E-state index is 13.8. The minimum atomic E-state index is -4.22. The van der Waals surface area contributed by atoms with Gasteiger partial charge in [0, 0.05) is 17.8 Å². The zero-order chi connectivity index (χ0) is 15.6. The Morgan fingerprint density at radius 3 is 2.43 bits per heavy atom. The maximum Gasteiger partial charge on any atom is 0.296 e. The van der Waals surface area contributed by atoms with Gasteiger partial charge >= 0.3 is 0 Å². The third-order valence-electron chi connectivity index (χ3n) is 2.64. The summed E-state index contributed by atoms with van der Waals surface area (Å²) in [7, 11) is 2.42. The fraction of sp³-hybridized carbons (Fsp3) is 0.273. The van der Waals surface area contributed by atoms with Crippen molar-refractivity contribution in [2.45, 2.75) is 11.7 Å². The van der Waals surface area contributed by atoms with Crippen molar-refractivity contribution in [3.63, 3.8) is 0 Å². The van der Waals surface area contributed by atoms with Crippen LogP contribution in [0.25, 0.3) is 11.4 Å². The van der Waals surface area contributed by atoms with Gasteiger partial charge in [0.15, 0.2) is 5.82 Å². The van der Waals surface area contributed by atoms with Gasteiger partial charge in [-0.15, -0.1) is 10.2 Å². The second kappa shape index (κ2) is 6.04. The summed E-state index contributed by atoms with van der Waals surface area (Å²) in [5, 5.41) is 6.35. The Bertz CT molecular complexity index is 744. The molecule has 0 aliphatic heterocycles. The SMILES string of the molecule is COCCn1c(-c2c(F)cccc2F)nnc1S(=O)(=O)Cl. The van der Waals surface area contributed by atoms with Gasteiger partial charge in [-0.3, -0.25) is 4.57 Å². The molecule has 114 valence electrons. The molecule has 1 aromatic carbocycles. The number of nitrogens with zero attached hydrogens (tertiary/aromatic N) is 3. The summed E-state index contributed by atoms with van der Waals surface area (Å²) in [5.41, 5.74) is -0.479. The van der Waals surface area contributed by atoms with E-state index in [0.717, 1.165) is 16.7 Å². The normalized spacial score (nSPS) is 11.8. The summed E-state index contributed by atoms with van der Waals surface area (Å²) >= 11 is 0. The molecule has 0 saturated carbocycles. The Hall–Kier alpha value is -1.58. The summed E-state index contributed by atoms with van der Waals surface area (Å²) in [5.74, 6) is -2.05. The van der Waals surface area contributed by atoms with Crippen molar-refractivity contribution in [2.75, 3.05) is 13.7 Å². The summed E-state index contributed by atoms with van der Waals surface area (Å²) in [6.07, 6.45) is 0. The van der Waals surface area contributed by atoms with Crippen LogP contribution in [0.3, 0.4) is 0 Å². The molecular formula is C11H10ClF2N3O3S. The van der Waals surface area contributed by atoms with Gasteiger partial charge in [-0.25, -0.2) is 17.2 Å². The molecule has 0 bridgehead atoms. The first kappa shape index (κ1) is 15.8. The van der Waals surface area contributed by atoms with Crippen molar-refractivity contribution in [3.8, 4) is 11.4 Å². The van der Waals surface area contributed by atoms with Crippen LogP contribution >= 0.6 is 10.7 Å². The molecule has 0 aliphatic rings. The molecule has 6 nitrogen and oxygen atoms in total. The largest absolute Gasteiger partial charge is 0.383 e. The van der Waals surface area contributed by atoms with Gasteiger partial charge in [-0.1, -0.05) is 6.07 Å². The number of halogens is 3. The van der Waals surface area contributed by atoms with E-state index in [1.165, 1.54) is 13.2 Å². The van der Waals surface area contributed by atoms with E-state index in [1.54, 1.807) is 0 Å². The number of ether oxygens (including phenoxy) is 1. The number of rotatable bonds is 5. The summed E-state index contributed by atoms with van der Waals surface area (Å²) in [6.45, 7) is 0.0500. The van der Waals surface area contributed by atoms with Crippen molar-refractivity contribution >= 4 is 19.7 Å². The average Bonchev–Trinajstić information content (AvgIpc) is 2.79. The first-order valence-corrected chi connectivity index (χ1v) is 7.98. The minimum absolute atomic E-state index is 0.0338. The van der Waals surface area contributed by atoms with E-state index in [-0.39, 0.29) is 19.0 Å². The van der Waals surface area contributed by atoms with Gasteiger partial charge in [-0.05, 0) is 12.1 Å². The summed E-state index contributed by atoms with van der Waals surface area (Å²) in [6, 6.07) is 3.24. The molecule has 0 amide bonds. The van der Waals surface area contributed by atoms with Crippen LogP contribution in [0, 0.1) is 11.6 Å². The Balaban J connectivity index is 2.67. The summed E-state index contributed by atoms with van der Waals surface area (Å²) in [4.78, 5) is 0. The fourth-order valence-electron chi connectivity index (χ4n) is 1.75. The highest BCUT2D eigenvalue weighted by atomic mass is 35.7. The van der Waals surface area contributed by atoms with Gasteiger partial charge in [-0.2, -0.15) is 0 Å². The standard InChI is InChI=1S/C11H10ClF2N3O3S/c1-20-6-5-17-10(15-16-11(17)21(12,18)19)9-7(13)3-2-4-8(9)14/h2-4H,5-6H2,1H3. The Labute approximate surface area is 123 Å². The lowest BCUT2D eigenvalue weighted by Crippen LogP contribution is -2.12. The van der Waals surface area contributed by atoms with Crippen LogP contribution in [-0.4, -0.2) is 36.9 Å². The molecule has 0 fully saturated rings. The molecule has 0 saturated heterocycles. The number of methoxy groups -OCH3 is 1. The number of hydrogen-bond donors (Lipinski definition) is 0. The van der Waals surface area contributed by atoms with Crippen molar-refractivity contribution in [1.29, 1.82) is 0 Å². The third-order valence-corrected chi connectivity index (χ3v) is 3.79. The number of aromatic nitrogens is 3. The highest BCUT2D eigenvalue weighted by Crippen LogP contribution is 2.27. The van der Waals surface area contributed by atoms with Crippen LogP contribution in [-0.2, 0) is 20.3 Å². The minimum Gasteiger partial charge on any atom is -0.383 e. The molecule has 2 aromatic rings. The molecule has 1 heterocycles. The van der Waals surface area contributed by atoms with E-state index < -0.39 is 31.4 Å². The van der Waals surface area contributed by atoms with Crippen molar-refractivity contribution in [2.24, 2.45) is 0 Å². The lowest BCUT2D eigenvalue weighted by Gasteiger charge is -2.09. The van der Waals surface area contributed by atoms with E-state index in [0.29, 0.717) is 0 Å². The van der Waals surface area contributed by atoms with Gasteiger partial charge in [0.1, 0.15) is 11.6 Å². The van der Waals surface area contributed by atoms with Gasteiger partial charge in [0.2, 0.25) is 0 Å². The average molecular weight is 338 g/mol. The highest BCUT2D eigenvalue weighted by molar-refractivity contribution is 8.13. The molecule has 10 heteroatoms. The Morgan fingerprint density at radius 2 is 1.90 bits per heavy atom. The molecule has 2 rings (SSSR count). The summed E-state index contributed by atoms with van der Waals surface area (Å²) < 4.78 is 56.3. The first-order chi connectivity index (χ1) is 9.86. The Morgan fingerprint density at radius 1 is 1.29 bits per heavy atom. The predicted octanol–water partition coefficient (Wildman–Crippen LogP) is 1.80. The van der Waals surface area contributed by atoms with Crippen LogP contribution < -0.4 is 0 Å². The molecule has 0 spiro atoms. The van der Waals surface area contributed by atoms with Crippen LogP contribution in [0.2, 0.25) is 0 Å². The van der Waals surface area contributed by atoms with Crippen LogP contribution in [0.1, 0.15) is 0 Å². The van der Waals surface area contributed by atoms with Crippen LogP contribution in [0.15, 0.2) is 23.4 Å². The van der Waals surface area contributed by atoms with E-state index in [4.69, 9.17) is 15.4 Å². The number of hydrogen-bond acceptors (Lipinski definition) is 5. The van der Waals surface area contributed by atoms with Gasteiger partial charge in [0.25, 0.3) is 14.2 Å². The second-order valence-corrected chi connectivity index (χ2v) is 6.44. The predicted molar refractivity (Wildman–Crippen MR) is 70.3 cm³/mol. The molecule has 0 aliphatic carbocycles. The van der Waals surface area contributed by atoms with Gasteiger partial charge in [0.05, 0.1) is 18.7 Å². The Kier molecular flexibility index (Phi) is 4.55. The smallest absolute Gasteiger partial charge is 0.296 e. The van der Waals surface area contributed by atoms with E-state index in [2.05, 4.69) is 10.2 Å². The zero-order valence-corrected chi connectivity index (χ0v) is 12.3.